The predicted octanol–water partition coefficient (Wildman–Crippen LogP) is 3.32. The van der Waals surface area contributed by atoms with Crippen molar-refractivity contribution in [2.45, 2.75) is 45.4 Å². The van der Waals surface area contributed by atoms with Gasteiger partial charge in [0, 0.05) is 0 Å². The summed E-state index contributed by atoms with van der Waals surface area (Å²) in [7, 11) is 0. The molecule has 0 radical (unpaired) electrons. The largest absolute Gasteiger partial charge is 0.465 e. The van der Waals surface area contributed by atoms with Crippen LogP contribution in [0.3, 0.4) is 0 Å². The van der Waals surface area contributed by atoms with Crippen molar-refractivity contribution < 1.29 is 9.53 Å². The minimum Gasteiger partial charge on any atom is -0.465 e. The van der Waals surface area contributed by atoms with Crippen molar-refractivity contribution >= 4 is 5.97 Å². The first-order valence-corrected chi connectivity index (χ1v) is 6.66. The molecule has 2 bridgehead atoms. The molecule has 0 N–H and O–H groups in total. The van der Waals surface area contributed by atoms with Gasteiger partial charge >= 0.3 is 5.97 Å². The monoisotopic (exact) mass is 222 g/mol. The van der Waals surface area contributed by atoms with Crippen LogP contribution in [0.4, 0.5) is 0 Å². The van der Waals surface area contributed by atoms with E-state index < -0.39 is 0 Å². The van der Waals surface area contributed by atoms with Gasteiger partial charge in [-0.2, -0.15) is 0 Å². The molecule has 1 saturated carbocycles. The standard InChI is InChI=1S/C14H22O2/c1-2-3-4-5-8-16-14(15)13-10-11-6-7-12(13)9-11/h6-7,11-13H,2-5,8-10H2,1H3. The number of ether oxygens (including phenoxy) is 1. The Balaban J connectivity index is 1.63. The van der Waals surface area contributed by atoms with E-state index in [0.29, 0.717) is 18.4 Å². The first kappa shape index (κ1) is 11.7. The van der Waals surface area contributed by atoms with Gasteiger partial charge in [0.25, 0.3) is 0 Å². The van der Waals surface area contributed by atoms with E-state index in [1.54, 1.807) is 0 Å². The topological polar surface area (TPSA) is 26.3 Å². The Morgan fingerprint density at radius 3 is 2.75 bits per heavy atom. The number of allylic oxidation sites excluding steroid dienone is 2. The van der Waals surface area contributed by atoms with Gasteiger partial charge in [0.05, 0.1) is 12.5 Å². The van der Waals surface area contributed by atoms with Gasteiger partial charge in [-0.3, -0.25) is 4.79 Å². The zero-order valence-electron chi connectivity index (χ0n) is 10.2. The molecule has 3 unspecified atom stereocenters. The van der Waals surface area contributed by atoms with Crippen LogP contribution in [0.15, 0.2) is 12.2 Å². The average Bonchev–Trinajstić information content (AvgIpc) is 2.90. The van der Waals surface area contributed by atoms with E-state index in [1.807, 2.05) is 0 Å². The summed E-state index contributed by atoms with van der Waals surface area (Å²) in [6.45, 7) is 2.81. The summed E-state index contributed by atoms with van der Waals surface area (Å²) >= 11 is 0. The Morgan fingerprint density at radius 1 is 1.25 bits per heavy atom. The van der Waals surface area contributed by atoms with E-state index in [2.05, 4.69) is 19.1 Å². The maximum absolute atomic E-state index is 11.8. The Morgan fingerprint density at radius 2 is 2.12 bits per heavy atom. The third kappa shape index (κ3) is 2.66. The van der Waals surface area contributed by atoms with Crippen molar-refractivity contribution in [1.29, 1.82) is 0 Å². The first-order valence-electron chi connectivity index (χ1n) is 6.66. The molecule has 0 saturated heterocycles. The maximum Gasteiger partial charge on any atom is 0.309 e. The molecule has 0 aromatic heterocycles. The second kappa shape index (κ2) is 5.51. The lowest BCUT2D eigenvalue weighted by molar-refractivity contribution is -0.149. The summed E-state index contributed by atoms with van der Waals surface area (Å²) in [5.74, 6) is 1.35. The normalized spacial score (nSPS) is 30.9. The minimum absolute atomic E-state index is 0.0494. The van der Waals surface area contributed by atoms with E-state index >= 15 is 0 Å². The number of rotatable bonds is 6. The van der Waals surface area contributed by atoms with E-state index in [-0.39, 0.29) is 11.9 Å². The van der Waals surface area contributed by atoms with Crippen LogP contribution in [0.5, 0.6) is 0 Å². The highest BCUT2D eigenvalue weighted by Gasteiger charge is 2.40. The van der Waals surface area contributed by atoms with Crippen LogP contribution >= 0.6 is 0 Å². The number of hydrogen-bond donors (Lipinski definition) is 0. The van der Waals surface area contributed by atoms with E-state index in [1.165, 1.54) is 25.7 Å². The van der Waals surface area contributed by atoms with Crippen LogP contribution in [-0.4, -0.2) is 12.6 Å². The lowest BCUT2D eigenvalue weighted by atomic mass is 9.94. The molecule has 0 aromatic carbocycles. The Labute approximate surface area is 98.1 Å². The lowest BCUT2D eigenvalue weighted by Crippen LogP contribution is -2.21. The fraction of sp³-hybridized carbons (Fsp3) is 0.786. The number of carbonyl (C=O) groups is 1. The molecule has 0 heterocycles. The molecule has 0 aliphatic heterocycles. The maximum atomic E-state index is 11.8. The number of carbonyl (C=O) groups excluding carboxylic acids is 1. The highest BCUT2D eigenvalue weighted by molar-refractivity contribution is 5.74. The summed E-state index contributed by atoms with van der Waals surface area (Å²) in [4.78, 5) is 11.8. The van der Waals surface area contributed by atoms with E-state index in [4.69, 9.17) is 4.74 Å². The van der Waals surface area contributed by atoms with Gasteiger partial charge in [-0.05, 0) is 31.1 Å². The molecule has 90 valence electrons. The zero-order valence-corrected chi connectivity index (χ0v) is 10.2. The second-order valence-electron chi connectivity index (χ2n) is 5.11. The Kier molecular flexibility index (Phi) is 4.03. The molecule has 3 atom stereocenters. The molecular weight excluding hydrogens is 200 g/mol. The molecule has 0 aromatic rings. The van der Waals surface area contributed by atoms with Crippen LogP contribution in [0.25, 0.3) is 0 Å². The molecule has 16 heavy (non-hydrogen) atoms. The highest BCUT2D eigenvalue weighted by atomic mass is 16.5. The second-order valence-corrected chi connectivity index (χ2v) is 5.11. The molecule has 2 aliphatic rings. The molecule has 2 nitrogen and oxygen atoms in total. The average molecular weight is 222 g/mol. The van der Waals surface area contributed by atoms with Crippen molar-refractivity contribution in [1.82, 2.24) is 0 Å². The van der Waals surface area contributed by atoms with Crippen LogP contribution in [-0.2, 0) is 9.53 Å². The summed E-state index contributed by atoms with van der Waals surface area (Å²) in [5, 5.41) is 0. The number of fused-ring (bicyclic) bond motifs is 2. The van der Waals surface area contributed by atoms with E-state index in [9.17, 15) is 4.79 Å². The van der Waals surface area contributed by atoms with Gasteiger partial charge < -0.3 is 4.74 Å². The van der Waals surface area contributed by atoms with Crippen LogP contribution in [0.1, 0.15) is 45.4 Å². The summed E-state index contributed by atoms with van der Waals surface area (Å²) in [5.41, 5.74) is 0. The molecule has 2 aliphatic carbocycles. The molecule has 0 spiro atoms. The van der Waals surface area contributed by atoms with Gasteiger partial charge in [0.2, 0.25) is 0 Å². The lowest BCUT2D eigenvalue weighted by Gasteiger charge is -2.16. The quantitative estimate of drug-likeness (QED) is 0.391. The van der Waals surface area contributed by atoms with Crippen LogP contribution in [0, 0.1) is 17.8 Å². The number of esters is 1. The van der Waals surface area contributed by atoms with Crippen molar-refractivity contribution in [3.8, 4) is 0 Å². The predicted molar refractivity (Wildman–Crippen MR) is 63.9 cm³/mol. The number of unbranched alkanes of at least 4 members (excludes halogenated alkanes) is 3. The van der Waals surface area contributed by atoms with Crippen LogP contribution < -0.4 is 0 Å². The molecule has 2 heteroatoms. The minimum atomic E-state index is 0.0494. The summed E-state index contributed by atoms with van der Waals surface area (Å²) in [6, 6.07) is 0. The fourth-order valence-electron chi connectivity index (χ4n) is 2.86. The summed E-state index contributed by atoms with van der Waals surface area (Å²) in [6.07, 6.45) is 11.3. The Hall–Kier alpha value is -0.790. The highest BCUT2D eigenvalue weighted by Crippen LogP contribution is 2.43. The third-order valence-corrected chi connectivity index (χ3v) is 3.82. The SMILES string of the molecule is CCCCCCOC(=O)C1CC2C=CC1C2. The molecule has 0 amide bonds. The van der Waals surface area contributed by atoms with Crippen molar-refractivity contribution in [3.05, 3.63) is 12.2 Å². The van der Waals surface area contributed by atoms with Crippen LogP contribution in [0.2, 0.25) is 0 Å². The smallest absolute Gasteiger partial charge is 0.309 e. The van der Waals surface area contributed by atoms with Crippen molar-refractivity contribution in [2.24, 2.45) is 17.8 Å². The Bertz CT molecular complexity index is 270. The van der Waals surface area contributed by atoms with Crippen molar-refractivity contribution in [2.75, 3.05) is 6.61 Å². The third-order valence-electron chi connectivity index (χ3n) is 3.82. The molecule has 2 rings (SSSR count). The summed E-state index contributed by atoms with van der Waals surface area (Å²) < 4.78 is 5.35. The molecule has 1 fully saturated rings. The van der Waals surface area contributed by atoms with Gasteiger partial charge in [0.1, 0.15) is 0 Å². The number of hydrogen-bond acceptors (Lipinski definition) is 2. The van der Waals surface area contributed by atoms with E-state index in [0.717, 1.165) is 12.8 Å². The van der Waals surface area contributed by atoms with Crippen molar-refractivity contribution in [3.63, 3.8) is 0 Å². The fourth-order valence-corrected chi connectivity index (χ4v) is 2.86. The van der Waals surface area contributed by atoms with Gasteiger partial charge in [-0.15, -0.1) is 0 Å². The van der Waals surface area contributed by atoms with Gasteiger partial charge in [-0.1, -0.05) is 38.3 Å². The van der Waals surface area contributed by atoms with Gasteiger partial charge in [0.15, 0.2) is 0 Å². The first-order chi connectivity index (χ1) is 7.81. The molecular formula is C14H22O2. The van der Waals surface area contributed by atoms with Gasteiger partial charge in [-0.25, -0.2) is 0 Å². The zero-order chi connectivity index (χ0) is 11.4.